The Morgan fingerprint density at radius 1 is 1.00 bits per heavy atom. The number of esters is 1. The third-order valence-corrected chi connectivity index (χ3v) is 4.46. The lowest BCUT2D eigenvalue weighted by Gasteiger charge is -2.29. The number of nitrogens with one attached hydrogen (secondary N) is 2. The van der Waals surface area contributed by atoms with Crippen LogP contribution in [0.3, 0.4) is 0 Å². The molecule has 0 fully saturated rings. The minimum absolute atomic E-state index is 0.304. The molecule has 0 radical (unpaired) electrons. The second-order valence-electron chi connectivity index (χ2n) is 5.88. The fourth-order valence-corrected chi connectivity index (χ4v) is 3.22. The number of rotatable bonds is 4. The lowest BCUT2D eigenvalue weighted by molar-refractivity contribution is -0.150. The smallest absolute Gasteiger partial charge is 0.379 e. The quantitative estimate of drug-likeness (QED) is 0.493. The molecule has 1 aliphatic heterocycles. The summed E-state index contributed by atoms with van der Waals surface area (Å²) in [7, 11) is 1.19. The highest BCUT2D eigenvalue weighted by Gasteiger charge is 2.33. The zero-order valence-corrected chi connectivity index (χ0v) is 15.2. The summed E-state index contributed by atoms with van der Waals surface area (Å²) in [4.78, 5) is 24.2. The van der Waals surface area contributed by atoms with Crippen molar-refractivity contribution in [2.75, 3.05) is 7.11 Å². The summed E-state index contributed by atoms with van der Waals surface area (Å²) in [6.07, 6.45) is 0. The van der Waals surface area contributed by atoms with Crippen LogP contribution in [-0.4, -0.2) is 24.0 Å². The number of allylic oxidation sites excluding steroid dienone is 1. The van der Waals surface area contributed by atoms with Gasteiger partial charge >= 0.3 is 5.97 Å². The highest BCUT2D eigenvalue weighted by atomic mass is 32.1. The standard InChI is InChI=1S/C20H18N2O3S/c1-12-16(18(23)19(24)25-2)17(22-20(26)21-12)15-10-8-14(9-11-15)13-6-4-3-5-7-13/h3-11,17H,1-2H3,(H2,21,22,26)/t17-/m1/s1. The van der Waals surface area contributed by atoms with Crippen LogP contribution in [0.15, 0.2) is 65.9 Å². The molecule has 3 rings (SSSR count). The monoisotopic (exact) mass is 366 g/mol. The molecule has 26 heavy (non-hydrogen) atoms. The van der Waals surface area contributed by atoms with Crippen molar-refractivity contribution in [3.05, 3.63) is 71.4 Å². The van der Waals surface area contributed by atoms with E-state index in [1.165, 1.54) is 7.11 Å². The van der Waals surface area contributed by atoms with Gasteiger partial charge < -0.3 is 15.4 Å². The van der Waals surface area contributed by atoms with Crippen LogP contribution in [0, 0.1) is 0 Å². The van der Waals surface area contributed by atoms with Gasteiger partial charge in [0.25, 0.3) is 5.78 Å². The molecule has 5 nitrogen and oxygen atoms in total. The topological polar surface area (TPSA) is 67.4 Å². The molecular weight excluding hydrogens is 348 g/mol. The SMILES string of the molecule is COC(=O)C(=O)C1=C(C)NC(=S)N[C@@H]1c1ccc(-c2ccccc2)cc1. The van der Waals surface area contributed by atoms with Crippen molar-refractivity contribution in [3.8, 4) is 11.1 Å². The minimum Gasteiger partial charge on any atom is -0.463 e. The van der Waals surface area contributed by atoms with Gasteiger partial charge in [-0.05, 0) is 35.8 Å². The van der Waals surface area contributed by atoms with E-state index in [4.69, 9.17) is 12.2 Å². The highest BCUT2D eigenvalue weighted by molar-refractivity contribution is 7.80. The Morgan fingerprint density at radius 2 is 1.62 bits per heavy atom. The first-order chi connectivity index (χ1) is 12.5. The summed E-state index contributed by atoms with van der Waals surface area (Å²) in [6, 6.07) is 17.3. The van der Waals surface area contributed by atoms with Crippen molar-refractivity contribution in [2.45, 2.75) is 13.0 Å². The fraction of sp³-hybridized carbons (Fsp3) is 0.150. The molecule has 1 atom stereocenters. The third-order valence-electron chi connectivity index (χ3n) is 4.24. The lowest BCUT2D eigenvalue weighted by Crippen LogP contribution is -2.45. The van der Waals surface area contributed by atoms with Crippen molar-refractivity contribution in [1.29, 1.82) is 0 Å². The predicted octanol–water partition coefficient (Wildman–Crippen LogP) is 2.89. The van der Waals surface area contributed by atoms with Gasteiger partial charge in [-0.3, -0.25) is 4.79 Å². The predicted molar refractivity (Wildman–Crippen MR) is 103 cm³/mol. The van der Waals surface area contributed by atoms with E-state index in [-0.39, 0.29) is 0 Å². The Kier molecular flexibility index (Phi) is 5.14. The van der Waals surface area contributed by atoms with E-state index >= 15 is 0 Å². The summed E-state index contributed by atoms with van der Waals surface area (Å²) in [5.41, 5.74) is 3.84. The molecule has 2 aromatic rings. The van der Waals surface area contributed by atoms with Gasteiger partial charge in [0, 0.05) is 5.70 Å². The van der Waals surface area contributed by atoms with Crippen molar-refractivity contribution >= 4 is 29.1 Å². The number of benzene rings is 2. The van der Waals surface area contributed by atoms with E-state index in [0.717, 1.165) is 16.7 Å². The number of ether oxygens (including phenoxy) is 1. The van der Waals surface area contributed by atoms with Gasteiger partial charge in [0.1, 0.15) is 0 Å². The number of Topliss-reactive ketones (excluding diaryl/α,β-unsaturated/α-hetero) is 1. The molecule has 1 aliphatic rings. The van der Waals surface area contributed by atoms with Crippen LogP contribution in [0.25, 0.3) is 11.1 Å². The molecule has 132 valence electrons. The molecule has 0 bridgehead atoms. The molecule has 0 spiro atoms. The van der Waals surface area contributed by atoms with Crippen LogP contribution in [0.5, 0.6) is 0 Å². The maximum Gasteiger partial charge on any atom is 0.379 e. The van der Waals surface area contributed by atoms with Crippen molar-refractivity contribution in [1.82, 2.24) is 10.6 Å². The zero-order chi connectivity index (χ0) is 18.7. The Hall–Kier alpha value is -2.99. The number of carbonyl (C=O) groups is 2. The molecule has 0 saturated carbocycles. The van der Waals surface area contributed by atoms with Gasteiger partial charge in [-0.2, -0.15) is 0 Å². The summed E-state index contributed by atoms with van der Waals surface area (Å²) < 4.78 is 4.59. The molecule has 0 amide bonds. The van der Waals surface area contributed by atoms with E-state index < -0.39 is 17.8 Å². The number of hydrogen-bond acceptors (Lipinski definition) is 4. The molecule has 2 aromatic carbocycles. The van der Waals surface area contributed by atoms with E-state index in [1.54, 1.807) is 6.92 Å². The van der Waals surface area contributed by atoms with Gasteiger partial charge in [0.15, 0.2) is 5.11 Å². The van der Waals surface area contributed by atoms with Crippen LogP contribution < -0.4 is 10.6 Å². The molecule has 0 saturated heterocycles. The van der Waals surface area contributed by atoms with E-state index in [1.807, 2.05) is 54.6 Å². The van der Waals surface area contributed by atoms with Crippen LogP contribution in [0.4, 0.5) is 0 Å². The largest absolute Gasteiger partial charge is 0.463 e. The van der Waals surface area contributed by atoms with Gasteiger partial charge in [-0.15, -0.1) is 0 Å². The number of ketones is 1. The molecule has 1 heterocycles. The summed E-state index contributed by atoms with van der Waals surface area (Å²) in [5.74, 6) is -1.59. The van der Waals surface area contributed by atoms with Gasteiger partial charge in [-0.25, -0.2) is 4.79 Å². The molecular formula is C20H18N2O3S. The van der Waals surface area contributed by atoms with Crippen LogP contribution in [-0.2, 0) is 14.3 Å². The third kappa shape index (κ3) is 3.50. The first-order valence-electron chi connectivity index (χ1n) is 8.07. The van der Waals surface area contributed by atoms with E-state index in [0.29, 0.717) is 16.4 Å². The average Bonchev–Trinajstić information content (AvgIpc) is 2.67. The maximum atomic E-state index is 12.5. The lowest BCUT2D eigenvalue weighted by atomic mass is 9.91. The average molecular weight is 366 g/mol. The van der Waals surface area contributed by atoms with Gasteiger partial charge in [0.2, 0.25) is 0 Å². The molecule has 0 aromatic heterocycles. The van der Waals surface area contributed by atoms with Crippen molar-refractivity contribution < 1.29 is 14.3 Å². The Balaban J connectivity index is 1.97. The van der Waals surface area contributed by atoms with Crippen LogP contribution in [0.2, 0.25) is 0 Å². The summed E-state index contributed by atoms with van der Waals surface area (Å²) in [6.45, 7) is 1.72. The number of thiocarbonyl (C=S) groups is 1. The Morgan fingerprint density at radius 3 is 2.23 bits per heavy atom. The first kappa shape index (κ1) is 17.8. The first-order valence-corrected chi connectivity index (χ1v) is 8.48. The number of carbonyl (C=O) groups excluding carboxylic acids is 2. The molecule has 0 aliphatic carbocycles. The van der Waals surface area contributed by atoms with E-state index in [9.17, 15) is 9.59 Å². The van der Waals surface area contributed by atoms with Crippen LogP contribution >= 0.6 is 12.2 Å². The Bertz CT molecular complexity index is 889. The second kappa shape index (κ2) is 7.49. The van der Waals surface area contributed by atoms with Crippen molar-refractivity contribution in [2.24, 2.45) is 0 Å². The summed E-state index contributed by atoms with van der Waals surface area (Å²) >= 11 is 5.21. The van der Waals surface area contributed by atoms with Gasteiger partial charge in [-0.1, -0.05) is 54.6 Å². The minimum atomic E-state index is -0.901. The second-order valence-corrected chi connectivity index (χ2v) is 6.29. The summed E-state index contributed by atoms with van der Waals surface area (Å²) in [5, 5.41) is 6.37. The van der Waals surface area contributed by atoms with Gasteiger partial charge in [0.05, 0.1) is 18.7 Å². The maximum absolute atomic E-state index is 12.5. The molecule has 2 N–H and O–H groups in total. The number of methoxy groups -OCH3 is 1. The zero-order valence-electron chi connectivity index (χ0n) is 14.4. The van der Waals surface area contributed by atoms with E-state index in [2.05, 4.69) is 15.4 Å². The molecule has 6 heteroatoms. The molecule has 0 unspecified atom stereocenters. The highest BCUT2D eigenvalue weighted by Crippen LogP contribution is 2.29. The number of hydrogen-bond donors (Lipinski definition) is 2. The van der Waals surface area contributed by atoms with Crippen LogP contribution in [0.1, 0.15) is 18.5 Å². The van der Waals surface area contributed by atoms with Crippen molar-refractivity contribution in [3.63, 3.8) is 0 Å². The Labute approximate surface area is 157 Å². The normalized spacial score (nSPS) is 16.5. The fourth-order valence-electron chi connectivity index (χ4n) is 2.95.